The molecule has 0 aliphatic carbocycles. The molecule has 0 heterocycles. The lowest BCUT2D eigenvalue weighted by molar-refractivity contribution is -0.870. The van der Waals surface area contributed by atoms with E-state index in [-0.39, 0.29) is 38.2 Å². The minimum Gasteiger partial charge on any atom is -0.477 e. The molecule has 0 rings (SSSR count). The van der Waals surface area contributed by atoms with Crippen molar-refractivity contribution >= 4 is 17.9 Å². The maximum absolute atomic E-state index is 13.0. The van der Waals surface area contributed by atoms with E-state index in [1.807, 2.05) is 21.1 Å². The molecular formula is C82H146NO8+. The number of carboxylic acid groups (broad SMARTS) is 1. The van der Waals surface area contributed by atoms with Crippen LogP contribution in [0.25, 0.3) is 0 Å². The molecule has 9 heteroatoms. The number of ether oxygens (including phenoxy) is 4. The molecule has 0 bridgehead atoms. The van der Waals surface area contributed by atoms with Gasteiger partial charge in [-0.15, -0.1) is 0 Å². The fourth-order valence-electron chi connectivity index (χ4n) is 11.0. The Labute approximate surface area is 562 Å². The van der Waals surface area contributed by atoms with Crippen molar-refractivity contribution in [2.75, 3.05) is 47.5 Å². The third-order valence-corrected chi connectivity index (χ3v) is 16.8. The summed E-state index contributed by atoms with van der Waals surface area (Å²) in [6.07, 6.45) is 96.9. The van der Waals surface area contributed by atoms with E-state index in [4.69, 9.17) is 18.9 Å². The lowest BCUT2D eigenvalue weighted by atomic mass is 10.0. The number of quaternary nitrogens is 1. The average molecular weight is 1270 g/mol. The molecule has 0 aliphatic rings. The summed E-state index contributed by atoms with van der Waals surface area (Å²) in [7, 11) is 5.99. The van der Waals surface area contributed by atoms with Crippen LogP contribution in [0.5, 0.6) is 0 Å². The molecule has 0 radical (unpaired) electrons. The topological polar surface area (TPSA) is 108 Å². The van der Waals surface area contributed by atoms with Gasteiger partial charge < -0.3 is 28.5 Å². The molecule has 0 aromatic rings. The first-order valence-electron chi connectivity index (χ1n) is 38.4. The van der Waals surface area contributed by atoms with Crippen molar-refractivity contribution in [3.8, 4) is 0 Å². The summed E-state index contributed by atoms with van der Waals surface area (Å²) in [6, 6.07) is 0. The van der Waals surface area contributed by atoms with Crippen LogP contribution < -0.4 is 0 Å². The highest BCUT2D eigenvalue weighted by atomic mass is 16.7. The van der Waals surface area contributed by atoms with Gasteiger partial charge in [0.25, 0.3) is 6.29 Å². The molecular weight excluding hydrogens is 1130 g/mol. The molecule has 2 unspecified atom stereocenters. The Bertz CT molecular complexity index is 1820. The predicted octanol–water partition coefficient (Wildman–Crippen LogP) is 24.4. The summed E-state index contributed by atoms with van der Waals surface area (Å²) in [4.78, 5) is 37.7. The third kappa shape index (κ3) is 73.5. The number of rotatable bonds is 71. The number of nitrogens with zero attached hydrogens (tertiary/aromatic N) is 1. The van der Waals surface area contributed by atoms with Crippen LogP contribution in [0.1, 0.15) is 348 Å². The SMILES string of the molecule is CC/C=C\C/C=C\C/C=C\C/C=C\C/C=C\CCCCCCCCCCCCCCCCCCCCCCCCCC(=O)OC(COC(=O)CCCCCCCCCCCCCC/C=C\C/C=C\C/C=C\CCCCCCC)COC(OCC[N+](C)(C)C)C(=O)O. The maximum atomic E-state index is 13.0. The number of carbonyl (C=O) groups excluding carboxylic acids is 2. The van der Waals surface area contributed by atoms with Gasteiger partial charge in [-0.05, 0) is 96.3 Å². The zero-order chi connectivity index (χ0) is 66.1. The van der Waals surface area contributed by atoms with Gasteiger partial charge in [-0.2, -0.15) is 0 Å². The van der Waals surface area contributed by atoms with Gasteiger partial charge in [-0.1, -0.05) is 336 Å². The largest absolute Gasteiger partial charge is 0.477 e. The van der Waals surface area contributed by atoms with Gasteiger partial charge in [0, 0.05) is 12.8 Å². The molecule has 0 spiro atoms. The van der Waals surface area contributed by atoms with Gasteiger partial charge in [0.15, 0.2) is 6.10 Å². The van der Waals surface area contributed by atoms with E-state index >= 15 is 0 Å². The summed E-state index contributed by atoms with van der Waals surface area (Å²) in [5.41, 5.74) is 0. The lowest BCUT2D eigenvalue weighted by Crippen LogP contribution is -2.40. The summed E-state index contributed by atoms with van der Waals surface area (Å²) in [6.45, 7) is 4.79. The molecule has 0 amide bonds. The van der Waals surface area contributed by atoms with Gasteiger partial charge >= 0.3 is 17.9 Å². The third-order valence-electron chi connectivity index (χ3n) is 16.8. The van der Waals surface area contributed by atoms with Crippen molar-refractivity contribution in [3.05, 3.63) is 97.2 Å². The molecule has 0 fully saturated rings. The number of hydrogen-bond donors (Lipinski definition) is 1. The highest BCUT2D eigenvalue weighted by Crippen LogP contribution is 2.18. The number of carboxylic acids is 1. The van der Waals surface area contributed by atoms with E-state index in [0.717, 1.165) is 83.5 Å². The molecule has 0 aromatic carbocycles. The van der Waals surface area contributed by atoms with Crippen LogP contribution in [0.2, 0.25) is 0 Å². The average Bonchev–Trinajstić information content (AvgIpc) is 3.46. The van der Waals surface area contributed by atoms with E-state index in [9.17, 15) is 19.5 Å². The van der Waals surface area contributed by atoms with E-state index in [1.165, 1.54) is 238 Å². The number of carbonyl (C=O) groups is 3. The van der Waals surface area contributed by atoms with E-state index < -0.39 is 18.4 Å². The number of unbranched alkanes of at least 4 members (excludes halogenated alkanes) is 40. The van der Waals surface area contributed by atoms with Crippen molar-refractivity contribution in [3.63, 3.8) is 0 Å². The number of aliphatic carboxylic acids is 1. The highest BCUT2D eigenvalue weighted by molar-refractivity contribution is 5.71. The van der Waals surface area contributed by atoms with E-state index in [2.05, 4.69) is 111 Å². The minimum atomic E-state index is -1.51. The molecule has 526 valence electrons. The van der Waals surface area contributed by atoms with Crippen LogP contribution in [-0.2, 0) is 33.3 Å². The van der Waals surface area contributed by atoms with Crippen LogP contribution >= 0.6 is 0 Å². The van der Waals surface area contributed by atoms with Crippen LogP contribution in [-0.4, -0.2) is 87.4 Å². The molecule has 2 atom stereocenters. The first-order valence-corrected chi connectivity index (χ1v) is 38.4. The summed E-state index contributed by atoms with van der Waals surface area (Å²) in [5.74, 6) is -1.99. The molecule has 0 saturated carbocycles. The summed E-state index contributed by atoms with van der Waals surface area (Å²) < 4.78 is 23.0. The highest BCUT2D eigenvalue weighted by Gasteiger charge is 2.25. The quantitative estimate of drug-likeness (QED) is 0.0211. The Hall–Kier alpha value is -3.79. The van der Waals surface area contributed by atoms with Crippen molar-refractivity contribution in [2.24, 2.45) is 0 Å². The number of hydrogen-bond acceptors (Lipinski definition) is 7. The van der Waals surface area contributed by atoms with E-state index in [1.54, 1.807) is 0 Å². The number of allylic oxidation sites excluding steroid dienone is 16. The van der Waals surface area contributed by atoms with Crippen LogP contribution in [0.3, 0.4) is 0 Å². The molecule has 9 nitrogen and oxygen atoms in total. The molecule has 0 aliphatic heterocycles. The van der Waals surface area contributed by atoms with Crippen molar-refractivity contribution in [2.45, 2.75) is 360 Å². The zero-order valence-corrected chi connectivity index (χ0v) is 60.2. The van der Waals surface area contributed by atoms with Gasteiger partial charge in [-0.3, -0.25) is 9.59 Å². The van der Waals surface area contributed by atoms with Crippen LogP contribution in [0.4, 0.5) is 0 Å². The van der Waals surface area contributed by atoms with Gasteiger partial charge in [0.1, 0.15) is 13.2 Å². The minimum absolute atomic E-state index is 0.182. The maximum Gasteiger partial charge on any atom is 0.361 e. The first kappa shape index (κ1) is 87.2. The van der Waals surface area contributed by atoms with Crippen molar-refractivity contribution < 1.29 is 42.9 Å². The predicted molar refractivity (Wildman–Crippen MR) is 392 cm³/mol. The van der Waals surface area contributed by atoms with Crippen LogP contribution in [0, 0.1) is 0 Å². The standard InChI is InChI=1S/C82H145NO8/c1-6-8-10-12-14-16-18-20-22-24-26-28-30-32-34-35-36-37-38-39-40-41-42-43-44-45-47-49-51-53-55-57-59-61-63-65-67-69-71-73-80(85)91-78(77-90-82(81(86)87)88-75-74-83(3,4)5)76-89-79(84)72-70-68-66-64-62-60-58-56-54-52-50-48-46-33-31-29-27-25-23-21-19-17-15-13-11-9-7-2/h8,10,14,16,19-22,25-28,31-34,78,82H,6-7,9,11-13,15,17-18,23-24,29-30,35-77H2,1-5H3/p+1/b10-8-,16-14-,21-19-,22-20-,27-25-,28-26-,33-31-,34-32-. The zero-order valence-electron chi connectivity index (χ0n) is 60.2. The molecule has 91 heavy (non-hydrogen) atoms. The molecule has 1 N–H and O–H groups in total. The monoisotopic (exact) mass is 1270 g/mol. The molecule has 0 saturated heterocycles. The molecule has 0 aromatic heterocycles. The van der Waals surface area contributed by atoms with Crippen LogP contribution in [0.15, 0.2) is 97.2 Å². The Morgan fingerprint density at radius 2 is 0.626 bits per heavy atom. The Kier molecular flexibility index (Phi) is 69.0. The first-order chi connectivity index (χ1) is 44.6. The Morgan fingerprint density at radius 1 is 0.341 bits per heavy atom. The second-order valence-electron chi connectivity index (χ2n) is 26.9. The fourth-order valence-corrected chi connectivity index (χ4v) is 11.0. The Morgan fingerprint density at radius 3 is 0.934 bits per heavy atom. The fraction of sp³-hybridized carbons (Fsp3) is 0.768. The summed E-state index contributed by atoms with van der Waals surface area (Å²) >= 11 is 0. The van der Waals surface area contributed by atoms with E-state index in [0.29, 0.717) is 17.4 Å². The smallest absolute Gasteiger partial charge is 0.361 e. The second kappa shape index (κ2) is 72.0. The summed E-state index contributed by atoms with van der Waals surface area (Å²) in [5, 5.41) is 9.76. The van der Waals surface area contributed by atoms with Crippen molar-refractivity contribution in [1.82, 2.24) is 0 Å². The number of likely N-dealkylation sites (N-methyl/N-ethyl adjacent to an activating group) is 1. The van der Waals surface area contributed by atoms with Gasteiger partial charge in [0.2, 0.25) is 0 Å². The Balaban J connectivity index is 4.01. The normalized spacial score (nSPS) is 13.2. The van der Waals surface area contributed by atoms with Gasteiger partial charge in [-0.25, -0.2) is 4.79 Å². The van der Waals surface area contributed by atoms with Crippen molar-refractivity contribution in [1.29, 1.82) is 0 Å². The second-order valence-corrected chi connectivity index (χ2v) is 26.9. The number of esters is 2. The lowest BCUT2D eigenvalue weighted by Gasteiger charge is -2.25. The van der Waals surface area contributed by atoms with Gasteiger partial charge in [0.05, 0.1) is 34.4 Å².